The minimum atomic E-state index is -0.692. The lowest BCUT2D eigenvalue weighted by Crippen LogP contribution is -2.48. The first kappa shape index (κ1) is 92.5. The number of amides is 4. The molecule has 14 aromatic rings. The standard InChI is InChI=1S/C28H26ClFN4O3.C26H23ClN4O2.C25H25ClN4O2.C23H19ClF2N4O/c1-2-24(37)33-9-11-34(12-10-33)28-21-16-22(29)25(26(30)27(21)31-23(32-28)8-5-13-35)20-15-18(36)14-17-6-3-4-7-19(17)20;1-3-25(32)30-8-10-31(11-9-30)26-22-14-23(27)21(15-24(22)28-16-29-26)20-13-18(33-2)12-17-6-4-5-7-19(17)20;1-2-23(32)29-9-11-30(12-10-29)25-19-13-20(26)18(14-21(19)27-15-28-25)24-17-6-4-3-5-16(17)7-8-22(24)31;1-2-3-4-22(31)29-7-9-30(10-8-29)23-18-12-19(24)17(13-21(18)27-14-28-23)16-6-5-15(25)11-20(16)26/h2-4,6-7,14-16,35-36H,1,5,8-13H2;3-7,12-16H,1,8-11H2,2H3;2,7-8,13-15,31H,1,3-6,9-12H2;5-6,11-14H,2,7-10H2,1H3. The molecule has 0 atom stereocenters. The number of halogens is 7. The first-order valence-corrected chi connectivity index (χ1v) is 45.3. The van der Waals surface area contributed by atoms with Crippen molar-refractivity contribution >= 4 is 158 Å². The van der Waals surface area contributed by atoms with E-state index in [-0.39, 0.29) is 63.4 Å². The topological polar surface area (TPSA) is 267 Å². The molecule has 0 unspecified atom stereocenters. The number of ether oxygens (including phenoxy) is 1. The van der Waals surface area contributed by atoms with Gasteiger partial charge < -0.3 is 59.3 Å². The van der Waals surface area contributed by atoms with Gasteiger partial charge in [-0.05, 0) is 185 Å². The van der Waals surface area contributed by atoms with Crippen molar-refractivity contribution in [2.75, 3.05) is 138 Å². The zero-order chi connectivity index (χ0) is 93.3. The van der Waals surface area contributed by atoms with Crippen LogP contribution in [0, 0.1) is 29.3 Å². The Labute approximate surface area is 785 Å². The number of phenolic OH excluding ortho intramolecular Hbond substituents is 2. The van der Waals surface area contributed by atoms with Gasteiger partial charge in [-0.3, -0.25) is 19.2 Å². The van der Waals surface area contributed by atoms with Crippen LogP contribution in [-0.2, 0) is 38.4 Å². The summed E-state index contributed by atoms with van der Waals surface area (Å²) in [7, 11) is 1.66. The molecule has 24 nitrogen and oxygen atoms in total. The summed E-state index contributed by atoms with van der Waals surface area (Å²) < 4.78 is 49.5. The third kappa shape index (κ3) is 19.9. The normalized spacial score (nSPS) is 14.5. The first-order valence-electron chi connectivity index (χ1n) is 43.8. The molecular weight excluding hydrogens is 1780 g/mol. The van der Waals surface area contributed by atoms with E-state index in [2.05, 4.69) is 93.3 Å². The van der Waals surface area contributed by atoms with E-state index in [9.17, 15) is 43.3 Å². The average molecular weight is 1870 g/mol. The zero-order valence-electron chi connectivity index (χ0n) is 73.1. The second-order valence-electron chi connectivity index (χ2n) is 32.4. The number of benzene rings is 10. The third-order valence-corrected chi connectivity index (χ3v) is 25.7. The maximum absolute atomic E-state index is 16.4. The fourth-order valence-electron chi connectivity index (χ4n) is 17.7. The van der Waals surface area contributed by atoms with E-state index in [4.69, 9.17) is 56.1 Å². The van der Waals surface area contributed by atoms with Crippen LogP contribution in [0.2, 0.25) is 20.1 Å². The van der Waals surface area contributed by atoms with E-state index in [1.54, 1.807) is 69.7 Å². The highest BCUT2D eigenvalue weighted by molar-refractivity contribution is 6.36. The summed E-state index contributed by atoms with van der Waals surface area (Å²) in [5.41, 5.74) is 9.57. The van der Waals surface area contributed by atoms with Crippen LogP contribution >= 0.6 is 46.4 Å². The van der Waals surface area contributed by atoms with Crippen LogP contribution in [0.1, 0.15) is 49.6 Å². The number of hydrogen-bond acceptors (Lipinski definition) is 20. The Morgan fingerprint density at radius 3 is 1.45 bits per heavy atom. The summed E-state index contributed by atoms with van der Waals surface area (Å²) in [5.74, 6) is 7.44. The lowest BCUT2D eigenvalue weighted by Gasteiger charge is -2.35. The number of hydrogen-bond donors (Lipinski definition) is 3. The number of aliphatic hydroxyl groups is 1. The number of piperazine rings is 4. The quantitative estimate of drug-likeness (QED) is 0.0636. The fourth-order valence-corrected chi connectivity index (χ4v) is 18.8. The number of fused-ring (bicyclic) bond motifs is 7. The van der Waals surface area contributed by atoms with Crippen molar-refractivity contribution in [1.82, 2.24) is 59.5 Å². The number of anilines is 4. The summed E-state index contributed by atoms with van der Waals surface area (Å²) in [5, 5.41) is 38.7. The van der Waals surface area contributed by atoms with Gasteiger partial charge in [0.2, 0.25) is 17.7 Å². The van der Waals surface area contributed by atoms with Crippen LogP contribution in [0.15, 0.2) is 203 Å². The predicted octanol–water partition coefficient (Wildman–Crippen LogP) is 18.3. The summed E-state index contributed by atoms with van der Waals surface area (Å²) in [6, 6.07) is 42.8. The van der Waals surface area contributed by atoms with Gasteiger partial charge in [0.05, 0.1) is 28.7 Å². The van der Waals surface area contributed by atoms with Crippen LogP contribution in [0.5, 0.6) is 17.2 Å². The molecule has 3 N–H and O–H groups in total. The van der Waals surface area contributed by atoms with Crippen molar-refractivity contribution in [3.05, 3.63) is 257 Å². The van der Waals surface area contributed by atoms with E-state index < -0.39 is 17.5 Å². The molecule has 4 fully saturated rings. The molecule has 10 aromatic carbocycles. The molecule has 0 spiro atoms. The molecule has 4 aliphatic heterocycles. The molecule has 0 radical (unpaired) electrons. The molecule has 5 aliphatic rings. The molecule has 8 heterocycles. The molecule has 4 aromatic heterocycles. The highest BCUT2D eigenvalue weighted by atomic mass is 35.5. The Morgan fingerprint density at radius 1 is 0.466 bits per heavy atom. The van der Waals surface area contributed by atoms with E-state index >= 15 is 4.39 Å². The molecule has 1 aliphatic carbocycles. The van der Waals surface area contributed by atoms with E-state index in [0.717, 1.165) is 114 Å². The van der Waals surface area contributed by atoms with E-state index in [0.29, 0.717) is 179 Å². The number of methoxy groups -OCH3 is 1. The molecular formula is C102H93Cl4F3N16O8. The lowest BCUT2D eigenvalue weighted by atomic mass is 9.85. The van der Waals surface area contributed by atoms with Gasteiger partial charge in [0.25, 0.3) is 5.91 Å². The summed E-state index contributed by atoms with van der Waals surface area (Å²) in [4.78, 5) is 99.5. The molecule has 19 rings (SSSR count). The van der Waals surface area contributed by atoms with Gasteiger partial charge in [-0.1, -0.05) is 134 Å². The Kier molecular flexibility index (Phi) is 28.8. The van der Waals surface area contributed by atoms with Crippen molar-refractivity contribution in [2.24, 2.45) is 0 Å². The Balaban J connectivity index is 0.000000129. The van der Waals surface area contributed by atoms with E-state index in [1.165, 1.54) is 60.3 Å². The van der Waals surface area contributed by atoms with Crippen molar-refractivity contribution in [1.29, 1.82) is 0 Å². The summed E-state index contributed by atoms with van der Waals surface area (Å²) >= 11 is 26.8. The fraction of sp³-hybridized carbons (Fsp3) is 0.255. The van der Waals surface area contributed by atoms with Crippen LogP contribution in [-0.4, -0.2) is 217 Å². The van der Waals surface area contributed by atoms with Gasteiger partial charge in [-0.25, -0.2) is 53.0 Å². The summed E-state index contributed by atoms with van der Waals surface area (Å²) in [6.07, 6.45) is 14.3. The van der Waals surface area contributed by atoms with Gasteiger partial charge in [0.1, 0.15) is 82.5 Å². The SMILES string of the molecule is C=CC(=O)N1CCN(c2nc(CCCO)nc3c(F)c(-c4cc(O)cc5ccccc45)c(Cl)cc23)CC1.C=CC(=O)N1CCN(c2ncnc3cc(-c4c(O)ccc5c4CCCC5)c(Cl)cc23)CC1.C=CC(=O)N1CCN(c2ncnc3cc(-c4cc(OC)cc5ccccc45)c(Cl)cc23)CC1.CCC#CC(=O)N1CCN(c2ncnc3cc(-c4ccc(F)cc4F)c(Cl)cc23)CC1. The van der Waals surface area contributed by atoms with Gasteiger partial charge in [-0.2, -0.15) is 0 Å². The van der Waals surface area contributed by atoms with Crippen LogP contribution in [0.4, 0.5) is 36.4 Å². The van der Waals surface area contributed by atoms with Crippen LogP contribution in [0.3, 0.4) is 0 Å². The number of phenols is 2. The highest BCUT2D eigenvalue weighted by Crippen LogP contribution is 2.47. The second kappa shape index (κ2) is 41.4. The Hall–Kier alpha value is -13.8. The first-order chi connectivity index (χ1) is 64.5. The Bertz CT molecular complexity index is 6980. The smallest absolute Gasteiger partial charge is 0.298 e. The molecule has 31 heteroatoms. The summed E-state index contributed by atoms with van der Waals surface area (Å²) in [6.45, 7) is 22.0. The minimum Gasteiger partial charge on any atom is -0.508 e. The van der Waals surface area contributed by atoms with Gasteiger partial charge in [-0.15, -0.1) is 0 Å². The monoisotopic (exact) mass is 1870 g/mol. The zero-order valence-corrected chi connectivity index (χ0v) is 76.1. The molecule has 0 saturated carbocycles. The lowest BCUT2D eigenvalue weighted by molar-refractivity contribution is -0.127. The molecule has 133 heavy (non-hydrogen) atoms. The minimum absolute atomic E-state index is 0.00298. The maximum Gasteiger partial charge on any atom is 0.298 e. The molecule has 4 amide bonds. The number of aromatic nitrogens is 8. The highest BCUT2D eigenvalue weighted by Gasteiger charge is 2.32. The second-order valence-corrected chi connectivity index (χ2v) is 34.0. The number of carbonyl (C=O) groups excluding carboxylic acids is 4. The largest absolute Gasteiger partial charge is 0.508 e. The molecule has 4 saturated heterocycles. The van der Waals surface area contributed by atoms with E-state index in [1.807, 2.05) is 90.7 Å². The number of carbonyl (C=O) groups is 4. The number of aromatic hydroxyl groups is 2. The predicted molar refractivity (Wildman–Crippen MR) is 521 cm³/mol. The van der Waals surface area contributed by atoms with Gasteiger partial charge in [0, 0.05) is 200 Å². The number of aryl methyl sites for hydroxylation is 2. The van der Waals surface area contributed by atoms with Crippen molar-refractivity contribution < 1.29 is 52.4 Å². The number of rotatable bonds is 15. The van der Waals surface area contributed by atoms with Gasteiger partial charge in [0.15, 0.2) is 5.82 Å². The van der Waals surface area contributed by atoms with Gasteiger partial charge >= 0.3 is 0 Å². The maximum atomic E-state index is 16.4. The average Bonchev–Trinajstić information content (AvgIpc) is 0.746. The van der Waals surface area contributed by atoms with Crippen molar-refractivity contribution in [3.8, 4) is 73.6 Å². The number of aliphatic hydroxyl groups excluding tert-OH is 1. The molecule has 678 valence electrons. The van der Waals surface area contributed by atoms with Crippen LogP contribution < -0.4 is 24.3 Å². The third-order valence-electron chi connectivity index (χ3n) is 24.5. The Morgan fingerprint density at radius 2 is 0.940 bits per heavy atom. The van der Waals surface area contributed by atoms with Crippen molar-refractivity contribution in [2.45, 2.75) is 51.9 Å². The van der Waals surface area contributed by atoms with Crippen molar-refractivity contribution in [3.63, 3.8) is 0 Å². The number of nitrogens with zero attached hydrogens (tertiary/aromatic N) is 16. The van der Waals surface area contributed by atoms with Crippen LogP contribution in [0.25, 0.3) is 110 Å². The molecule has 0 bridgehead atoms.